The molecule has 1 fully saturated rings. The molecule has 0 aromatic heterocycles. The zero-order chi connectivity index (χ0) is 24.7. The number of ketones is 1. The number of Topliss-reactive ketones (excluding diaryl/α,β-unsaturated/α-hetero) is 1. The van der Waals surface area contributed by atoms with Crippen LogP contribution in [0.2, 0.25) is 0 Å². The highest BCUT2D eigenvalue weighted by molar-refractivity contribution is 8.20. The highest BCUT2D eigenvalue weighted by Gasteiger charge is 2.40. The number of hydrogen-bond donors (Lipinski definition) is 0. The van der Waals surface area contributed by atoms with E-state index in [1.165, 1.54) is 18.7 Å². The number of nitrogens with zero attached hydrogens (tertiary/aromatic N) is 3. The lowest BCUT2D eigenvalue weighted by molar-refractivity contribution is -0.113. The van der Waals surface area contributed by atoms with E-state index in [1.807, 2.05) is 61.3 Å². The maximum atomic E-state index is 13.8. The van der Waals surface area contributed by atoms with E-state index < -0.39 is 0 Å². The number of thioether (sulfide) groups is 2. The van der Waals surface area contributed by atoms with E-state index in [9.17, 15) is 9.59 Å². The van der Waals surface area contributed by atoms with Gasteiger partial charge in [0.1, 0.15) is 10.7 Å². The predicted molar refractivity (Wildman–Crippen MR) is 144 cm³/mol. The van der Waals surface area contributed by atoms with E-state index in [-0.39, 0.29) is 11.7 Å². The van der Waals surface area contributed by atoms with Crippen LogP contribution < -0.4 is 14.5 Å². The van der Waals surface area contributed by atoms with Crippen LogP contribution >= 0.6 is 23.5 Å². The highest BCUT2D eigenvalue weighted by Crippen LogP contribution is 2.51. The summed E-state index contributed by atoms with van der Waals surface area (Å²) in [5.41, 5.74) is 4.17. The first-order valence-electron chi connectivity index (χ1n) is 11.0. The van der Waals surface area contributed by atoms with E-state index in [4.69, 9.17) is 9.73 Å². The Hall–Kier alpha value is -3.49. The fraction of sp³-hybridized carbons (Fsp3) is 0.148. The van der Waals surface area contributed by atoms with Crippen LogP contribution in [-0.4, -0.2) is 31.0 Å². The highest BCUT2D eigenvalue weighted by atomic mass is 32.2. The Labute approximate surface area is 212 Å². The summed E-state index contributed by atoms with van der Waals surface area (Å²) in [6.07, 6.45) is 0. The second kappa shape index (κ2) is 9.28. The lowest BCUT2D eigenvalue weighted by Crippen LogP contribution is -2.29. The molecule has 0 bridgehead atoms. The lowest BCUT2D eigenvalue weighted by Gasteiger charge is -2.17. The minimum absolute atomic E-state index is 0.000385. The number of aliphatic imine (C=N–C) groups is 1. The molecule has 2 aliphatic rings. The molecule has 0 atom stereocenters. The number of carbonyl (C=O) groups is 2. The zero-order valence-electron chi connectivity index (χ0n) is 19.7. The maximum absolute atomic E-state index is 13.8. The summed E-state index contributed by atoms with van der Waals surface area (Å²) < 4.78 is 5.39. The first kappa shape index (κ1) is 23.3. The third kappa shape index (κ3) is 4.35. The van der Waals surface area contributed by atoms with E-state index >= 15 is 0 Å². The zero-order valence-corrected chi connectivity index (χ0v) is 21.4. The minimum atomic E-state index is -0.118. The average molecular weight is 502 g/mol. The summed E-state index contributed by atoms with van der Waals surface area (Å²) in [5, 5.41) is 1.43. The quantitative estimate of drug-likeness (QED) is 0.305. The molecule has 6 nitrogen and oxygen atoms in total. The van der Waals surface area contributed by atoms with Gasteiger partial charge >= 0.3 is 0 Å². The number of hydrogen-bond acceptors (Lipinski definition) is 7. The van der Waals surface area contributed by atoms with E-state index in [0.29, 0.717) is 21.3 Å². The van der Waals surface area contributed by atoms with Crippen LogP contribution in [0.4, 0.5) is 17.1 Å². The van der Waals surface area contributed by atoms with Crippen molar-refractivity contribution in [2.45, 2.75) is 18.7 Å². The van der Waals surface area contributed by atoms with Gasteiger partial charge in [0.05, 0.1) is 29.2 Å². The predicted octanol–water partition coefficient (Wildman–Crippen LogP) is 6.38. The van der Waals surface area contributed by atoms with Gasteiger partial charge in [0.15, 0.2) is 11.0 Å². The van der Waals surface area contributed by atoms with Crippen LogP contribution in [0.1, 0.15) is 22.8 Å². The molecule has 0 unspecified atom stereocenters. The summed E-state index contributed by atoms with van der Waals surface area (Å²) in [5.74, 6) is 0.651. The molecule has 3 aromatic carbocycles. The van der Waals surface area contributed by atoms with Crippen molar-refractivity contribution in [3.05, 3.63) is 87.8 Å². The summed E-state index contributed by atoms with van der Waals surface area (Å²) >= 11 is 2.92. The fourth-order valence-electron chi connectivity index (χ4n) is 3.83. The number of fused-ring (bicyclic) bond motifs is 1. The van der Waals surface area contributed by atoms with Gasteiger partial charge in [-0.2, -0.15) is 0 Å². The Morgan fingerprint density at radius 1 is 0.971 bits per heavy atom. The molecule has 0 saturated carbocycles. The summed E-state index contributed by atoms with van der Waals surface area (Å²) in [7, 11) is 3.60. The van der Waals surface area contributed by atoms with Crippen molar-refractivity contribution in [1.29, 1.82) is 0 Å². The van der Waals surface area contributed by atoms with Gasteiger partial charge < -0.3 is 9.64 Å². The summed E-state index contributed by atoms with van der Waals surface area (Å²) in [4.78, 5) is 35.6. The average Bonchev–Trinajstić information content (AvgIpc) is 3.35. The van der Waals surface area contributed by atoms with Gasteiger partial charge in [0.2, 0.25) is 0 Å². The van der Waals surface area contributed by atoms with Crippen molar-refractivity contribution >= 4 is 57.4 Å². The molecule has 0 aliphatic carbocycles. The Bertz CT molecular complexity index is 1400. The van der Waals surface area contributed by atoms with Crippen LogP contribution in [-0.2, 0) is 4.79 Å². The molecule has 0 radical (unpaired) electrons. The molecule has 2 heterocycles. The second-order valence-electron chi connectivity index (χ2n) is 8.20. The number of rotatable bonds is 4. The number of benzene rings is 3. The maximum Gasteiger partial charge on any atom is 0.274 e. The first-order valence-corrected chi connectivity index (χ1v) is 12.6. The van der Waals surface area contributed by atoms with Gasteiger partial charge in [-0.15, -0.1) is 0 Å². The third-order valence-corrected chi connectivity index (χ3v) is 8.20. The van der Waals surface area contributed by atoms with E-state index in [0.717, 1.165) is 32.6 Å². The van der Waals surface area contributed by atoms with Crippen molar-refractivity contribution in [3.63, 3.8) is 0 Å². The standard InChI is InChI=1S/C27H23N3O3S2/c1-16-5-11-20(12-6-16)30-25(32)24(26-29(3)22-15-21(33-4)13-14-23(22)34-26)35-27(30)28-19-9-7-18(8-10-19)17(2)31/h5-15H,1-4H3/b26-24-,28-27?. The van der Waals surface area contributed by atoms with Crippen LogP contribution in [0.15, 0.2) is 86.6 Å². The Morgan fingerprint density at radius 2 is 1.69 bits per heavy atom. The first-order chi connectivity index (χ1) is 16.9. The Kier molecular flexibility index (Phi) is 6.17. The number of ether oxygens (including phenoxy) is 1. The molecule has 0 N–H and O–H groups in total. The molecule has 35 heavy (non-hydrogen) atoms. The molecule has 0 spiro atoms. The molecular formula is C27H23N3O3S2. The van der Waals surface area contributed by atoms with Crippen LogP contribution in [0, 0.1) is 6.92 Å². The minimum Gasteiger partial charge on any atom is -0.497 e. The third-order valence-electron chi connectivity index (χ3n) is 5.81. The van der Waals surface area contributed by atoms with Gasteiger partial charge in [-0.25, -0.2) is 4.99 Å². The van der Waals surface area contributed by atoms with Gasteiger partial charge in [-0.1, -0.05) is 29.5 Å². The van der Waals surface area contributed by atoms with Gasteiger partial charge in [-0.3, -0.25) is 14.5 Å². The Balaban J connectivity index is 1.58. The molecule has 2 aliphatic heterocycles. The van der Waals surface area contributed by atoms with Crippen LogP contribution in [0.3, 0.4) is 0 Å². The summed E-state index contributed by atoms with van der Waals surface area (Å²) in [6.45, 7) is 3.55. The monoisotopic (exact) mass is 501 g/mol. The number of anilines is 2. The van der Waals surface area contributed by atoms with Crippen LogP contribution in [0.25, 0.3) is 0 Å². The van der Waals surface area contributed by atoms with Crippen molar-refractivity contribution in [2.75, 3.05) is 24.0 Å². The molecule has 1 saturated heterocycles. The van der Waals surface area contributed by atoms with E-state index in [2.05, 4.69) is 0 Å². The van der Waals surface area contributed by atoms with E-state index in [1.54, 1.807) is 48.0 Å². The second-order valence-corrected chi connectivity index (χ2v) is 10.2. The molecule has 8 heteroatoms. The number of methoxy groups -OCH3 is 1. The number of amides is 1. The largest absolute Gasteiger partial charge is 0.497 e. The van der Waals surface area contributed by atoms with Gasteiger partial charge in [0.25, 0.3) is 5.91 Å². The fourth-order valence-corrected chi connectivity index (χ4v) is 6.16. The smallest absolute Gasteiger partial charge is 0.274 e. The van der Waals surface area contributed by atoms with Crippen LogP contribution in [0.5, 0.6) is 5.75 Å². The molecule has 5 rings (SSSR count). The van der Waals surface area contributed by atoms with Crippen molar-refractivity contribution < 1.29 is 14.3 Å². The molecular weight excluding hydrogens is 478 g/mol. The molecule has 176 valence electrons. The van der Waals surface area contributed by atoms with Crippen molar-refractivity contribution in [2.24, 2.45) is 4.99 Å². The normalized spacial score (nSPS) is 18.4. The number of aryl methyl sites for hydroxylation is 1. The number of amidine groups is 1. The molecule has 3 aromatic rings. The lowest BCUT2D eigenvalue weighted by atomic mass is 10.1. The molecule has 1 amide bonds. The van der Waals surface area contributed by atoms with Gasteiger partial charge in [0, 0.05) is 23.6 Å². The topological polar surface area (TPSA) is 62.2 Å². The van der Waals surface area contributed by atoms with Crippen molar-refractivity contribution in [3.8, 4) is 5.75 Å². The number of carbonyl (C=O) groups excluding carboxylic acids is 2. The van der Waals surface area contributed by atoms with Gasteiger partial charge in [-0.05, 0) is 74.1 Å². The Morgan fingerprint density at radius 3 is 2.34 bits per heavy atom. The SMILES string of the molecule is COc1ccc2c(c1)N(C)/C(=C1/SC(=Nc3ccc(C(C)=O)cc3)N(c3ccc(C)cc3)C1=O)S2. The van der Waals surface area contributed by atoms with Crippen molar-refractivity contribution in [1.82, 2.24) is 0 Å². The summed E-state index contributed by atoms with van der Waals surface area (Å²) in [6, 6.07) is 20.8.